The molecule has 0 saturated heterocycles. The van der Waals surface area contributed by atoms with Crippen molar-refractivity contribution >= 4 is 21.4 Å². The van der Waals surface area contributed by atoms with E-state index in [2.05, 4.69) is 5.32 Å². The zero-order chi connectivity index (χ0) is 13.9. The van der Waals surface area contributed by atoms with Crippen molar-refractivity contribution in [1.82, 2.24) is 0 Å². The van der Waals surface area contributed by atoms with Crippen LogP contribution in [0.3, 0.4) is 0 Å². The molecule has 0 aliphatic carbocycles. The lowest BCUT2D eigenvalue weighted by Gasteiger charge is -2.06. The lowest BCUT2D eigenvalue weighted by atomic mass is 10.2. The van der Waals surface area contributed by atoms with E-state index in [1.807, 2.05) is 6.07 Å². The van der Waals surface area contributed by atoms with E-state index >= 15 is 0 Å². The molecule has 0 bridgehead atoms. The zero-order valence-electron chi connectivity index (χ0n) is 10.3. The first-order valence-electron chi connectivity index (χ1n) is 5.63. The molecule has 0 fully saturated rings. The highest BCUT2D eigenvalue weighted by Gasteiger charge is 2.08. The van der Waals surface area contributed by atoms with Crippen LogP contribution in [-0.4, -0.2) is 20.6 Å². The summed E-state index contributed by atoms with van der Waals surface area (Å²) in [5, 5.41) is 2.70. The topological polar surface area (TPSA) is 63.2 Å². The van der Waals surface area contributed by atoms with Gasteiger partial charge in [-0.2, -0.15) is 0 Å². The summed E-state index contributed by atoms with van der Waals surface area (Å²) < 4.78 is 22.6. The molecule has 2 rings (SSSR count). The molecule has 2 aromatic carbocycles. The summed E-state index contributed by atoms with van der Waals surface area (Å²) in [4.78, 5) is 12.1. The van der Waals surface area contributed by atoms with Crippen molar-refractivity contribution in [3.05, 3.63) is 60.2 Å². The third-order valence-corrected chi connectivity index (χ3v) is 3.70. The van der Waals surface area contributed by atoms with Gasteiger partial charge in [0.05, 0.1) is 4.90 Å². The van der Waals surface area contributed by atoms with Gasteiger partial charge in [0.1, 0.15) is 0 Å². The largest absolute Gasteiger partial charge is 0.322 e. The third-order valence-electron chi connectivity index (χ3n) is 2.58. The number of amides is 1. The maximum absolute atomic E-state index is 11.9. The quantitative estimate of drug-likeness (QED) is 0.935. The van der Waals surface area contributed by atoms with E-state index in [0.29, 0.717) is 11.3 Å². The lowest BCUT2D eigenvalue weighted by Crippen LogP contribution is -2.11. The summed E-state index contributed by atoms with van der Waals surface area (Å²) in [7, 11) is -3.21. The molecule has 1 amide bonds. The molecule has 19 heavy (non-hydrogen) atoms. The van der Waals surface area contributed by atoms with Crippen LogP contribution in [0.25, 0.3) is 0 Å². The standard InChI is InChI=1S/C14H13NO3S/c1-19(17,18)13-9-7-12(8-10-13)15-14(16)11-5-3-2-4-6-11/h2-10H,1H3,(H,15,16). The number of nitrogens with one attached hydrogen (secondary N) is 1. The minimum Gasteiger partial charge on any atom is -0.322 e. The molecule has 5 heteroatoms. The molecule has 0 heterocycles. The Morgan fingerprint density at radius 2 is 1.53 bits per heavy atom. The van der Waals surface area contributed by atoms with E-state index in [9.17, 15) is 13.2 Å². The second-order valence-corrected chi connectivity index (χ2v) is 6.13. The van der Waals surface area contributed by atoms with E-state index in [4.69, 9.17) is 0 Å². The van der Waals surface area contributed by atoms with Gasteiger partial charge in [0.15, 0.2) is 9.84 Å². The fraction of sp³-hybridized carbons (Fsp3) is 0.0714. The molecule has 0 aliphatic heterocycles. The fourth-order valence-electron chi connectivity index (χ4n) is 1.58. The molecule has 0 spiro atoms. The highest BCUT2D eigenvalue weighted by atomic mass is 32.2. The smallest absolute Gasteiger partial charge is 0.255 e. The van der Waals surface area contributed by atoms with Crippen molar-refractivity contribution in [2.24, 2.45) is 0 Å². The summed E-state index contributed by atoms with van der Waals surface area (Å²) in [6.45, 7) is 0. The summed E-state index contributed by atoms with van der Waals surface area (Å²) >= 11 is 0. The summed E-state index contributed by atoms with van der Waals surface area (Å²) in [6, 6.07) is 14.9. The minimum absolute atomic E-state index is 0.227. The van der Waals surface area contributed by atoms with Gasteiger partial charge in [-0.25, -0.2) is 8.42 Å². The molecule has 0 atom stereocenters. The van der Waals surface area contributed by atoms with Crippen LogP contribution in [0, 0.1) is 0 Å². The zero-order valence-corrected chi connectivity index (χ0v) is 11.1. The molecular weight excluding hydrogens is 262 g/mol. The third kappa shape index (κ3) is 3.42. The highest BCUT2D eigenvalue weighted by molar-refractivity contribution is 7.90. The second kappa shape index (κ2) is 5.24. The Balaban J connectivity index is 2.15. The molecule has 0 radical (unpaired) electrons. The van der Waals surface area contributed by atoms with Crippen molar-refractivity contribution in [3.8, 4) is 0 Å². The van der Waals surface area contributed by atoms with Gasteiger partial charge in [0.25, 0.3) is 5.91 Å². The van der Waals surface area contributed by atoms with Gasteiger partial charge >= 0.3 is 0 Å². The first kappa shape index (κ1) is 13.3. The van der Waals surface area contributed by atoms with Gasteiger partial charge in [0, 0.05) is 17.5 Å². The van der Waals surface area contributed by atoms with Crippen molar-refractivity contribution in [2.45, 2.75) is 4.90 Å². The SMILES string of the molecule is CS(=O)(=O)c1ccc(NC(=O)c2ccccc2)cc1. The number of sulfone groups is 1. The fourth-order valence-corrected chi connectivity index (χ4v) is 2.21. The van der Waals surface area contributed by atoms with Crippen molar-refractivity contribution in [3.63, 3.8) is 0 Å². The Morgan fingerprint density at radius 1 is 0.947 bits per heavy atom. The van der Waals surface area contributed by atoms with E-state index in [0.717, 1.165) is 6.26 Å². The Morgan fingerprint density at radius 3 is 2.05 bits per heavy atom. The second-order valence-electron chi connectivity index (χ2n) is 4.12. The van der Waals surface area contributed by atoms with Crippen molar-refractivity contribution in [2.75, 3.05) is 11.6 Å². The molecule has 0 unspecified atom stereocenters. The van der Waals surface area contributed by atoms with Crippen LogP contribution in [-0.2, 0) is 9.84 Å². The molecule has 0 aromatic heterocycles. The van der Waals surface area contributed by atoms with Crippen LogP contribution in [0.1, 0.15) is 10.4 Å². The van der Waals surface area contributed by atoms with Crippen molar-refractivity contribution in [1.29, 1.82) is 0 Å². The van der Waals surface area contributed by atoms with Gasteiger partial charge in [-0.1, -0.05) is 18.2 Å². The molecular formula is C14H13NO3S. The number of hydrogen-bond acceptors (Lipinski definition) is 3. The molecule has 4 nitrogen and oxygen atoms in total. The normalized spacial score (nSPS) is 11.0. The van der Waals surface area contributed by atoms with Crippen LogP contribution in [0.2, 0.25) is 0 Å². The number of hydrogen-bond donors (Lipinski definition) is 1. The Kier molecular flexibility index (Phi) is 3.66. The highest BCUT2D eigenvalue weighted by Crippen LogP contribution is 2.14. The van der Waals surface area contributed by atoms with E-state index in [1.54, 1.807) is 36.4 Å². The first-order valence-corrected chi connectivity index (χ1v) is 7.52. The van der Waals surface area contributed by atoms with E-state index in [-0.39, 0.29) is 10.8 Å². The Labute approximate surface area is 112 Å². The van der Waals surface area contributed by atoms with E-state index in [1.165, 1.54) is 12.1 Å². The maximum Gasteiger partial charge on any atom is 0.255 e. The average Bonchev–Trinajstić information content (AvgIpc) is 2.39. The lowest BCUT2D eigenvalue weighted by molar-refractivity contribution is 0.102. The summed E-state index contributed by atoms with van der Waals surface area (Å²) in [5.74, 6) is -0.229. The Hall–Kier alpha value is -2.14. The maximum atomic E-state index is 11.9. The van der Waals surface area contributed by atoms with Crippen LogP contribution >= 0.6 is 0 Å². The Bertz CT molecular complexity index is 676. The molecule has 0 saturated carbocycles. The molecule has 1 N–H and O–H groups in total. The first-order chi connectivity index (χ1) is 8.97. The van der Waals surface area contributed by atoms with Crippen LogP contribution in [0.4, 0.5) is 5.69 Å². The van der Waals surface area contributed by atoms with Crippen molar-refractivity contribution < 1.29 is 13.2 Å². The minimum atomic E-state index is -3.21. The number of carbonyl (C=O) groups is 1. The summed E-state index contributed by atoms with van der Waals surface area (Å²) in [6.07, 6.45) is 1.14. The monoisotopic (exact) mass is 275 g/mol. The number of rotatable bonds is 3. The molecule has 98 valence electrons. The number of benzene rings is 2. The van der Waals surface area contributed by atoms with Gasteiger partial charge in [-0.15, -0.1) is 0 Å². The van der Waals surface area contributed by atoms with Gasteiger partial charge in [-0.3, -0.25) is 4.79 Å². The predicted molar refractivity (Wildman–Crippen MR) is 73.9 cm³/mol. The van der Waals surface area contributed by atoms with Crippen LogP contribution < -0.4 is 5.32 Å². The molecule has 0 aliphatic rings. The van der Waals surface area contributed by atoms with Crippen LogP contribution in [0.5, 0.6) is 0 Å². The van der Waals surface area contributed by atoms with Gasteiger partial charge in [-0.05, 0) is 36.4 Å². The van der Waals surface area contributed by atoms with E-state index < -0.39 is 9.84 Å². The van der Waals surface area contributed by atoms with Gasteiger partial charge in [0.2, 0.25) is 0 Å². The van der Waals surface area contributed by atoms with Crippen LogP contribution in [0.15, 0.2) is 59.5 Å². The predicted octanol–water partition coefficient (Wildman–Crippen LogP) is 2.34. The number of carbonyl (C=O) groups excluding carboxylic acids is 1. The average molecular weight is 275 g/mol. The number of anilines is 1. The molecule has 2 aromatic rings. The summed E-state index contributed by atoms with van der Waals surface area (Å²) in [5.41, 5.74) is 1.11. The van der Waals surface area contributed by atoms with Gasteiger partial charge < -0.3 is 5.32 Å².